The van der Waals surface area contributed by atoms with E-state index in [1.54, 1.807) is 13.2 Å². The summed E-state index contributed by atoms with van der Waals surface area (Å²) < 4.78 is 5.09. The van der Waals surface area contributed by atoms with Gasteiger partial charge in [0.1, 0.15) is 5.75 Å². The summed E-state index contributed by atoms with van der Waals surface area (Å²) in [6.45, 7) is 0.00904. The maximum atomic E-state index is 12.0. The van der Waals surface area contributed by atoms with Crippen molar-refractivity contribution in [2.45, 2.75) is 37.6 Å². The molecule has 21 heavy (non-hydrogen) atoms. The first-order chi connectivity index (χ1) is 10.2. The van der Waals surface area contributed by atoms with Crippen LogP contribution in [-0.2, 0) is 4.79 Å². The van der Waals surface area contributed by atoms with E-state index in [9.17, 15) is 9.90 Å². The Labute approximate surface area is 125 Å². The quantitative estimate of drug-likeness (QED) is 0.819. The molecule has 0 heterocycles. The number of carbonyl (C=O) groups excluding carboxylic acids is 1. The van der Waals surface area contributed by atoms with Crippen LogP contribution in [-0.4, -0.2) is 30.3 Å². The zero-order valence-corrected chi connectivity index (χ0v) is 12.5. The van der Waals surface area contributed by atoms with Crippen LogP contribution in [0.25, 0.3) is 6.08 Å². The summed E-state index contributed by atoms with van der Waals surface area (Å²) >= 11 is 0. The number of amides is 1. The van der Waals surface area contributed by atoms with E-state index in [-0.39, 0.29) is 12.5 Å². The van der Waals surface area contributed by atoms with Crippen molar-refractivity contribution in [2.24, 2.45) is 0 Å². The minimum Gasteiger partial charge on any atom is -0.497 e. The van der Waals surface area contributed by atoms with Crippen molar-refractivity contribution >= 4 is 12.0 Å². The molecular weight excluding hydrogens is 266 g/mol. The summed E-state index contributed by atoms with van der Waals surface area (Å²) in [6.07, 6.45) is 8.29. The molecular formula is C17H23NO3. The van der Waals surface area contributed by atoms with E-state index in [1.165, 1.54) is 12.5 Å². The molecule has 0 aromatic heterocycles. The monoisotopic (exact) mass is 289 g/mol. The summed E-state index contributed by atoms with van der Waals surface area (Å²) in [5.41, 5.74) is 0.507. The van der Waals surface area contributed by atoms with Crippen LogP contribution in [0.3, 0.4) is 0 Å². The first-order valence-corrected chi connectivity index (χ1v) is 7.43. The highest BCUT2D eigenvalue weighted by molar-refractivity contribution is 5.92. The predicted molar refractivity (Wildman–Crippen MR) is 83.1 cm³/mol. The molecule has 1 aromatic rings. The van der Waals surface area contributed by atoms with Crippen LogP contribution in [0.4, 0.5) is 0 Å². The van der Waals surface area contributed by atoms with Crippen LogP contribution in [0, 0.1) is 0 Å². The molecule has 0 saturated heterocycles. The number of rotatable bonds is 5. The van der Waals surface area contributed by atoms with E-state index in [1.807, 2.05) is 24.3 Å². The number of ether oxygens (including phenoxy) is 1. The Balaban J connectivity index is 1.94. The van der Waals surface area contributed by atoms with Crippen molar-refractivity contribution in [3.05, 3.63) is 35.9 Å². The molecule has 2 rings (SSSR count). The summed E-state index contributed by atoms with van der Waals surface area (Å²) in [6, 6.07) is 7.50. The van der Waals surface area contributed by atoms with Gasteiger partial charge in [-0.3, -0.25) is 4.79 Å². The van der Waals surface area contributed by atoms with Gasteiger partial charge in [0.25, 0.3) is 0 Å². The summed E-state index contributed by atoms with van der Waals surface area (Å²) in [5, 5.41) is 12.6. The summed E-state index contributed by atoms with van der Waals surface area (Å²) in [5.74, 6) is 0.639. The maximum absolute atomic E-state index is 12.0. The van der Waals surface area contributed by atoms with Crippen molar-refractivity contribution in [1.29, 1.82) is 0 Å². The lowest BCUT2D eigenvalue weighted by Crippen LogP contribution is -2.52. The number of hydrogen-bond donors (Lipinski definition) is 2. The van der Waals surface area contributed by atoms with Gasteiger partial charge >= 0.3 is 0 Å². The number of nitrogens with one attached hydrogen (secondary N) is 1. The van der Waals surface area contributed by atoms with Crippen LogP contribution in [0.1, 0.15) is 37.7 Å². The second kappa shape index (κ2) is 7.27. The largest absolute Gasteiger partial charge is 0.497 e. The Kier molecular flexibility index (Phi) is 5.39. The Bertz CT molecular complexity index is 487. The van der Waals surface area contributed by atoms with Crippen molar-refractivity contribution in [3.8, 4) is 5.75 Å². The average molecular weight is 289 g/mol. The second-order valence-electron chi connectivity index (χ2n) is 5.59. The van der Waals surface area contributed by atoms with Gasteiger partial charge in [-0.1, -0.05) is 31.4 Å². The third-order valence-electron chi connectivity index (χ3n) is 4.04. The molecule has 0 radical (unpaired) electrons. The smallest absolute Gasteiger partial charge is 0.244 e. The van der Waals surface area contributed by atoms with Crippen LogP contribution in [0.15, 0.2) is 30.3 Å². The first kappa shape index (κ1) is 15.6. The van der Waals surface area contributed by atoms with Crippen molar-refractivity contribution in [3.63, 3.8) is 0 Å². The van der Waals surface area contributed by atoms with Gasteiger partial charge in [-0.2, -0.15) is 0 Å². The molecule has 114 valence electrons. The maximum Gasteiger partial charge on any atom is 0.244 e. The molecule has 4 heteroatoms. The fraction of sp³-hybridized carbons (Fsp3) is 0.471. The molecule has 2 N–H and O–H groups in total. The minimum atomic E-state index is -0.431. The van der Waals surface area contributed by atoms with Crippen LogP contribution in [0.5, 0.6) is 5.75 Å². The Morgan fingerprint density at radius 3 is 2.52 bits per heavy atom. The molecule has 1 fully saturated rings. The number of benzene rings is 1. The van der Waals surface area contributed by atoms with Gasteiger partial charge in [0, 0.05) is 6.08 Å². The fourth-order valence-corrected chi connectivity index (χ4v) is 2.74. The van der Waals surface area contributed by atoms with Crippen LogP contribution >= 0.6 is 0 Å². The molecule has 1 aliphatic rings. The van der Waals surface area contributed by atoms with E-state index in [0.29, 0.717) is 0 Å². The number of aliphatic hydroxyl groups excluding tert-OH is 1. The van der Waals surface area contributed by atoms with Crippen molar-refractivity contribution in [1.82, 2.24) is 5.32 Å². The molecule has 1 aliphatic carbocycles. The Hall–Kier alpha value is -1.81. The normalized spacial score (nSPS) is 17.6. The average Bonchev–Trinajstić information content (AvgIpc) is 2.54. The highest BCUT2D eigenvalue weighted by atomic mass is 16.5. The van der Waals surface area contributed by atoms with E-state index >= 15 is 0 Å². The summed E-state index contributed by atoms with van der Waals surface area (Å²) in [4.78, 5) is 12.0. The van der Waals surface area contributed by atoms with Crippen LogP contribution < -0.4 is 10.1 Å². The third kappa shape index (κ3) is 4.33. The highest BCUT2D eigenvalue weighted by Crippen LogP contribution is 2.27. The Morgan fingerprint density at radius 2 is 1.95 bits per heavy atom. The molecule has 0 spiro atoms. The van der Waals surface area contributed by atoms with Gasteiger partial charge in [-0.15, -0.1) is 0 Å². The van der Waals surface area contributed by atoms with E-state index in [2.05, 4.69) is 5.32 Å². The fourth-order valence-electron chi connectivity index (χ4n) is 2.74. The van der Waals surface area contributed by atoms with Crippen molar-refractivity contribution < 1.29 is 14.6 Å². The third-order valence-corrected chi connectivity index (χ3v) is 4.04. The molecule has 4 nitrogen and oxygen atoms in total. The first-order valence-electron chi connectivity index (χ1n) is 7.43. The molecule has 1 amide bonds. The lowest BCUT2D eigenvalue weighted by Gasteiger charge is -2.36. The summed E-state index contributed by atoms with van der Waals surface area (Å²) in [7, 11) is 1.62. The van der Waals surface area contributed by atoms with Gasteiger partial charge in [0.2, 0.25) is 5.91 Å². The minimum absolute atomic E-state index is 0.00904. The van der Waals surface area contributed by atoms with Gasteiger partial charge < -0.3 is 15.2 Å². The number of hydrogen-bond acceptors (Lipinski definition) is 3. The molecule has 0 aliphatic heterocycles. The van der Waals surface area contributed by atoms with E-state index < -0.39 is 5.54 Å². The van der Waals surface area contributed by atoms with Gasteiger partial charge in [0.15, 0.2) is 0 Å². The SMILES string of the molecule is COc1ccc(C=CC(=O)NC2(CO)CCCCC2)cc1. The van der Waals surface area contributed by atoms with Gasteiger partial charge in [-0.05, 0) is 36.6 Å². The molecule has 0 bridgehead atoms. The van der Waals surface area contributed by atoms with Gasteiger partial charge in [-0.25, -0.2) is 0 Å². The predicted octanol–water partition coefficient (Wildman–Crippen LogP) is 2.52. The topological polar surface area (TPSA) is 58.6 Å². The highest BCUT2D eigenvalue weighted by Gasteiger charge is 2.32. The molecule has 0 atom stereocenters. The second-order valence-corrected chi connectivity index (χ2v) is 5.59. The van der Waals surface area contributed by atoms with E-state index in [0.717, 1.165) is 37.0 Å². The van der Waals surface area contributed by atoms with Crippen molar-refractivity contribution in [2.75, 3.05) is 13.7 Å². The number of methoxy groups -OCH3 is 1. The van der Waals surface area contributed by atoms with Gasteiger partial charge in [0.05, 0.1) is 19.3 Å². The zero-order chi connectivity index (χ0) is 15.1. The lowest BCUT2D eigenvalue weighted by molar-refractivity contribution is -0.119. The standard InChI is InChI=1S/C17H23NO3/c1-21-15-8-5-14(6-9-15)7-10-16(20)18-17(13-19)11-3-2-4-12-17/h5-10,19H,2-4,11-13H2,1H3,(H,18,20). The Morgan fingerprint density at radius 1 is 1.29 bits per heavy atom. The number of aliphatic hydroxyl groups is 1. The molecule has 0 unspecified atom stereocenters. The van der Waals surface area contributed by atoms with Crippen LogP contribution in [0.2, 0.25) is 0 Å². The number of carbonyl (C=O) groups is 1. The zero-order valence-electron chi connectivity index (χ0n) is 12.5. The lowest BCUT2D eigenvalue weighted by atomic mass is 9.82. The van der Waals surface area contributed by atoms with E-state index in [4.69, 9.17) is 4.74 Å². The molecule has 1 aromatic carbocycles. The molecule has 1 saturated carbocycles.